The van der Waals surface area contributed by atoms with E-state index in [1.165, 1.54) is 12.1 Å². The number of nitrogens with one attached hydrogen (secondary N) is 1. The van der Waals surface area contributed by atoms with Crippen molar-refractivity contribution in [3.05, 3.63) is 131 Å². The first-order chi connectivity index (χ1) is 21.2. The number of phenols is 1. The van der Waals surface area contributed by atoms with Crippen LogP contribution in [0.1, 0.15) is 54.9 Å². The highest BCUT2D eigenvalue weighted by Gasteiger charge is 2.43. The number of rotatable bonds is 12. The van der Waals surface area contributed by atoms with Gasteiger partial charge in [-0.2, -0.15) is 0 Å². The molecule has 0 saturated carbocycles. The highest BCUT2D eigenvalue weighted by Crippen LogP contribution is 2.43. The van der Waals surface area contributed by atoms with E-state index in [1.807, 2.05) is 67.6 Å². The molecule has 228 valence electrons. The minimum atomic E-state index is -4.05. The first-order valence-electron chi connectivity index (χ1n) is 14.9. The summed E-state index contributed by atoms with van der Waals surface area (Å²) in [5.74, 6) is -1.29. The number of carbonyl (C=O) groups is 1. The molecule has 4 aromatic carbocycles. The summed E-state index contributed by atoms with van der Waals surface area (Å²) in [6.45, 7) is 1.87. The molecule has 44 heavy (non-hydrogen) atoms. The first-order valence-corrected chi connectivity index (χ1v) is 16.4. The largest absolute Gasteiger partial charge is 0.511 e. The van der Waals surface area contributed by atoms with Crippen LogP contribution in [0, 0.1) is 0 Å². The Hall–Kier alpha value is -4.56. The van der Waals surface area contributed by atoms with Crippen molar-refractivity contribution in [2.45, 2.75) is 62.4 Å². The Morgan fingerprint density at radius 2 is 1.32 bits per heavy atom. The molecule has 0 fully saturated rings. The van der Waals surface area contributed by atoms with Gasteiger partial charge in [0.1, 0.15) is 22.7 Å². The van der Waals surface area contributed by atoms with Gasteiger partial charge in [0.2, 0.25) is 0 Å². The molecular weight excluding hydrogens is 574 g/mol. The van der Waals surface area contributed by atoms with Crippen molar-refractivity contribution in [3.8, 4) is 5.75 Å². The summed E-state index contributed by atoms with van der Waals surface area (Å²) in [6, 6.07) is 31.0. The lowest BCUT2D eigenvalue weighted by molar-refractivity contribution is -0.157. The molecule has 0 atom stereocenters. The number of aliphatic hydroxyl groups is 1. The summed E-state index contributed by atoms with van der Waals surface area (Å²) in [5.41, 5.74) is 1.70. The summed E-state index contributed by atoms with van der Waals surface area (Å²) < 4.78 is 35.4. The van der Waals surface area contributed by atoms with Crippen molar-refractivity contribution in [3.63, 3.8) is 0 Å². The van der Waals surface area contributed by atoms with Crippen molar-refractivity contribution in [1.29, 1.82) is 0 Å². The Labute approximate surface area is 258 Å². The number of sulfonamides is 1. The SMILES string of the molecule is CCCc1c(S(=O)(=O)Nc2ccccc2)ccc(C2=C(O)CC(CCc3ccccc3)(CCc3ccccc3)OC2=O)c1O. The fourth-order valence-corrected chi connectivity index (χ4v) is 7.10. The zero-order chi connectivity index (χ0) is 31.2. The van der Waals surface area contributed by atoms with Gasteiger partial charge in [-0.25, -0.2) is 13.2 Å². The minimum absolute atomic E-state index is 0.0503. The molecule has 1 aliphatic rings. The van der Waals surface area contributed by atoms with Gasteiger partial charge in [-0.1, -0.05) is 92.2 Å². The van der Waals surface area contributed by atoms with Crippen LogP contribution >= 0.6 is 0 Å². The van der Waals surface area contributed by atoms with Crippen molar-refractivity contribution in [1.82, 2.24) is 0 Å². The van der Waals surface area contributed by atoms with Gasteiger partial charge in [-0.3, -0.25) is 4.72 Å². The van der Waals surface area contributed by atoms with E-state index in [1.54, 1.807) is 30.3 Å². The van der Waals surface area contributed by atoms with Gasteiger partial charge in [0.15, 0.2) is 0 Å². The maximum Gasteiger partial charge on any atom is 0.342 e. The number of esters is 1. The number of anilines is 1. The van der Waals surface area contributed by atoms with E-state index in [2.05, 4.69) is 4.72 Å². The lowest BCUT2D eigenvalue weighted by Gasteiger charge is -2.38. The van der Waals surface area contributed by atoms with Crippen LogP contribution in [0.2, 0.25) is 0 Å². The summed E-state index contributed by atoms with van der Waals surface area (Å²) >= 11 is 0. The number of cyclic esters (lactones) is 1. The van der Waals surface area contributed by atoms with Crippen molar-refractivity contribution in [2.75, 3.05) is 4.72 Å². The van der Waals surface area contributed by atoms with Crippen LogP contribution in [-0.2, 0) is 38.8 Å². The molecule has 7 nitrogen and oxygen atoms in total. The normalized spacial score (nSPS) is 14.7. The molecule has 0 amide bonds. The first kappa shape index (κ1) is 30.9. The third-order valence-corrected chi connectivity index (χ3v) is 9.51. The number of phenolic OH excluding ortho intramolecular Hbond substituents is 1. The number of aryl methyl sites for hydroxylation is 2. The highest BCUT2D eigenvalue weighted by molar-refractivity contribution is 7.92. The van der Waals surface area contributed by atoms with E-state index in [4.69, 9.17) is 4.74 Å². The molecule has 0 saturated heterocycles. The van der Waals surface area contributed by atoms with E-state index < -0.39 is 21.6 Å². The van der Waals surface area contributed by atoms with Crippen molar-refractivity contribution in [2.24, 2.45) is 0 Å². The predicted molar refractivity (Wildman–Crippen MR) is 172 cm³/mol. The summed E-state index contributed by atoms with van der Waals surface area (Å²) in [7, 11) is -4.05. The molecule has 1 aliphatic heterocycles. The zero-order valence-corrected chi connectivity index (χ0v) is 25.5. The maximum atomic E-state index is 13.7. The number of hydrogen-bond acceptors (Lipinski definition) is 6. The quantitative estimate of drug-likeness (QED) is 0.144. The molecule has 0 unspecified atom stereocenters. The zero-order valence-electron chi connectivity index (χ0n) is 24.7. The molecule has 0 aliphatic carbocycles. The van der Waals surface area contributed by atoms with Crippen LogP contribution in [-0.4, -0.2) is 30.2 Å². The van der Waals surface area contributed by atoms with Crippen LogP contribution in [0.3, 0.4) is 0 Å². The monoisotopic (exact) mass is 611 g/mol. The number of aliphatic hydroxyl groups excluding tert-OH is 1. The average Bonchev–Trinajstić information content (AvgIpc) is 3.02. The minimum Gasteiger partial charge on any atom is -0.511 e. The van der Waals surface area contributed by atoms with Crippen LogP contribution in [0.4, 0.5) is 5.69 Å². The predicted octanol–water partition coefficient (Wildman–Crippen LogP) is 7.37. The molecule has 5 rings (SSSR count). The van der Waals surface area contributed by atoms with Crippen LogP contribution in [0.15, 0.2) is 114 Å². The molecule has 8 heteroatoms. The highest BCUT2D eigenvalue weighted by atomic mass is 32.2. The summed E-state index contributed by atoms with van der Waals surface area (Å²) in [4.78, 5) is 13.6. The molecule has 0 bridgehead atoms. The van der Waals surface area contributed by atoms with Crippen LogP contribution < -0.4 is 4.72 Å². The number of para-hydroxylation sites is 1. The second kappa shape index (κ2) is 13.4. The molecule has 0 radical (unpaired) electrons. The standard InChI is InChI=1S/C36H37NO6S/c1-2-12-29-32(44(41,42)37-28-17-10-5-11-18-28)20-19-30(34(29)39)33-31(38)25-36(43-35(33)40,23-21-26-13-6-3-7-14-26)24-22-27-15-8-4-9-16-27/h3-11,13-20,37-39H,2,12,21-25H2,1H3. The van der Waals surface area contributed by atoms with E-state index in [9.17, 15) is 23.4 Å². The average molecular weight is 612 g/mol. The Kier molecular flexibility index (Phi) is 9.40. The van der Waals surface area contributed by atoms with E-state index in [0.29, 0.717) is 37.8 Å². The van der Waals surface area contributed by atoms with Crippen LogP contribution in [0.5, 0.6) is 5.75 Å². The second-order valence-corrected chi connectivity index (χ2v) is 12.9. The number of aromatic hydroxyl groups is 1. The smallest absolute Gasteiger partial charge is 0.342 e. The van der Waals surface area contributed by atoms with Crippen LogP contribution in [0.25, 0.3) is 5.57 Å². The summed E-state index contributed by atoms with van der Waals surface area (Å²) in [6.07, 6.45) is 3.17. The van der Waals surface area contributed by atoms with Gasteiger partial charge >= 0.3 is 5.97 Å². The second-order valence-electron chi connectivity index (χ2n) is 11.2. The molecule has 0 aromatic heterocycles. The number of ether oxygens (including phenoxy) is 1. The van der Waals surface area contributed by atoms with E-state index in [0.717, 1.165) is 11.1 Å². The molecule has 4 aromatic rings. The van der Waals surface area contributed by atoms with Gasteiger partial charge in [-0.05, 0) is 67.5 Å². The third kappa shape index (κ3) is 6.97. The Morgan fingerprint density at radius 1 is 0.773 bits per heavy atom. The molecule has 0 spiro atoms. The maximum absolute atomic E-state index is 13.7. The van der Waals surface area contributed by atoms with Crippen molar-refractivity contribution < 1.29 is 28.2 Å². The number of hydrogen-bond donors (Lipinski definition) is 3. The number of benzene rings is 4. The van der Waals surface area contributed by atoms with Gasteiger partial charge in [-0.15, -0.1) is 0 Å². The lowest BCUT2D eigenvalue weighted by Crippen LogP contribution is -2.41. The third-order valence-electron chi connectivity index (χ3n) is 8.04. The van der Waals surface area contributed by atoms with Crippen molar-refractivity contribution >= 4 is 27.3 Å². The Bertz CT molecular complexity index is 1690. The molecule has 3 N–H and O–H groups in total. The molecule has 1 heterocycles. The van der Waals surface area contributed by atoms with Gasteiger partial charge in [0.05, 0.1) is 4.90 Å². The van der Waals surface area contributed by atoms with Gasteiger partial charge < -0.3 is 14.9 Å². The lowest BCUT2D eigenvalue weighted by atomic mass is 9.82. The Balaban J connectivity index is 1.49. The fourth-order valence-electron chi connectivity index (χ4n) is 5.78. The number of carbonyl (C=O) groups excluding carboxylic acids is 1. The fraction of sp³-hybridized carbons (Fsp3) is 0.250. The van der Waals surface area contributed by atoms with E-state index in [-0.39, 0.29) is 45.9 Å². The Morgan fingerprint density at radius 3 is 1.84 bits per heavy atom. The topological polar surface area (TPSA) is 113 Å². The van der Waals surface area contributed by atoms with Gasteiger partial charge in [0, 0.05) is 23.2 Å². The van der Waals surface area contributed by atoms with Gasteiger partial charge in [0.25, 0.3) is 10.0 Å². The van der Waals surface area contributed by atoms with E-state index >= 15 is 0 Å². The molecular formula is C36H37NO6S. The summed E-state index contributed by atoms with van der Waals surface area (Å²) in [5, 5.41) is 22.8.